The van der Waals surface area contributed by atoms with Gasteiger partial charge in [-0.1, -0.05) is 13.0 Å². The van der Waals surface area contributed by atoms with Crippen LogP contribution < -0.4 is 0 Å². The first kappa shape index (κ1) is 14.7. The molecule has 0 unspecified atom stereocenters. The van der Waals surface area contributed by atoms with E-state index in [9.17, 15) is 5.11 Å². The fourth-order valence-corrected chi connectivity index (χ4v) is 7.31. The van der Waals surface area contributed by atoms with E-state index >= 15 is 0 Å². The second kappa shape index (κ2) is 4.28. The van der Waals surface area contributed by atoms with Crippen molar-refractivity contribution in [2.24, 2.45) is 17.3 Å². The first-order valence-corrected chi connectivity index (χ1v) is 9.89. The number of allylic oxidation sites excluding steroid dienone is 1. The van der Waals surface area contributed by atoms with Crippen molar-refractivity contribution >= 4 is 0 Å². The largest absolute Gasteiger partial charge is 0.393 e. The number of hydrogen-bond donors (Lipinski definition) is 1. The molecule has 6 atom stereocenters. The van der Waals surface area contributed by atoms with Crippen LogP contribution in [0.1, 0.15) is 58.3 Å². The van der Waals surface area contributed by atoms with Gasteiger partial charge in [-0.2, -0.15) is 0 Å². The van der Waals surface area contributed by atoms with E-state index in [1.807, 2.05) is 0 Å². The summed E-state index contributed by atoms with van der Waals surface area (Å²) in [5.74, 6) is 0.898. The molecule has 24 heavy (non-hydrogen) atoms. The monoisotopic (exact) mass is 332 g/mol. The standard InChI is InChI=1S/C20H28O4/c1-17-6-5-15-13(14(17)2-3-16(17)21)4-7-18-12-19(22-10-11-23-19)8-9-20(15,18)24-18/h5,13-14,16,21H,2-4,6-12H2,1H3/t13-,14-,16+,17-,18+,20+/m0/s1. The smallest absolute Gasteiger partial charge is 0.171 e. The minimum Gasteiger partial charge on any atom is -0.393 e. The molecule has 0 aromatic rings. The second-order valence-corrected chi connectivity index (χ2v) is 9.42. The zero-order chi connectivity index (χ0) is 16.2. The molecular weight excluding hydrogens is 304 g/mol. The topological polar surface area (TPSA) is 51.2 Å². The van der Waals surface area contributed by atoms with E-state index in [0.29, 0.717) is 11.8 Å². The van der Waals surface area contributed by atoms with Crippen molar-refractivity contribution in [1.82, 2.24) is 0 Å². The Balaban J connectivity index is 1.36. The molecule has 4 heteroatoms. The van der Waals surface area contributed by atoms with Gasteiger partial charge in [-0.05, 0) is 55.9 Å². The zero-order valence-electron chi connectivity index (χ0n) is 14.6. The van der Waals surface area contributed by atoms with Gasteiger partial charge in [-0.3, -0.25) is 0 Å². The fourth-order valence-electron chi connectivity index (χ4n) is 7.31. The lowest BCUT2D eigenvalue weighted by atomic mass is 9.54. The van der Waals surface area contributed by atoms with E-state index in [2.05, 4.69) is 13.0 Å². The SMILES string of the molecule is C[C@]12CC=C3[C@@H](CC[C@@]45CC6(CC[C@@]34O5)OCCO6)[C@@H]1CC[C@H]2O. The Bertz CT molecular complexity index is 623. The molecule has 0 radical (unpaired) electrons. The summed E-state index contributed by atoms with van der Waals surface area (Å²) in [5.41, 5.74) is 1.62. The Morgan fingerprint density at radius 3 is 2.75 bits per heavy atom. The molecule has 2 saturated heterocycles. The number of rotatable bonds is 0. The van der Waals surface area contributed by atoms with Crippen molar-refractivity contribution < 1.29 is 19.3 Å². The molecule has 4 aliphatic carbocycles. The molecule has 6 aliphatic rings. The van der Waals surface area contributed by atoms with Crippen LogP contribution in [0.3, 0.4) is 0 Å². The molecule has 5 fully saturated rings. The van der Waals surface area contributed by atoms with Crippen molar-refractivity contribution in [2.75, 3.05) is 13.2 Å². The maximum atomic E-state index is 10.5. The maximum absolute atomic E-state index is 10.5. The van der Waals surface area contributed by atoms with Crippen molar-refractivity contribution in [3.63, 3.8) is 0 Å². The highest BCUT2D eigenvalue weighted by Gasteiger charge is 2.79. The molecule has 1 spiro atoms. The van der Waals surface area contributed by atoms with Crippen LogP contribution in [0, 0.1) is 17.3 Å². The number of aliphatic hydroxyl groups is 1. The van der Waals surface area contributed by atoms with Crippen LogP contribution >= 0.6 is 0 Å². The molecule has 0 aromatic heterocycles. The lowest BCUT2D eigenvalue weighted by Gasteiger charge is -2.49. The highest BCUT2D eigenvalue weighted by atomic mass is 16.7. The first-order valence-electron chi connectivity index (χ1n) is 9.89. The van der Waals surface area contributed by atoms with Crippen LogP contribution in [-0.2, 0) is 14.2 Å². The minimum atomic E-state index is -0.361. The summed E-state index contributed by atoms with van der Waals surface area (Å²) in [7, 11) is 0. The number of epoxide rings is 1. The zero-order valence-corrected chi connectivity index (χ0v) is 14.6. The lowest BCUT2D eigenvalue weighted by molar-refractivity contribution is -0.185. The van der Waals surface area contributed by atoms with E-state index < -0.39 is 0 Å². The molecular formula is C20H28O4. The van der Waals surface area contributed by atoms with E-state index in [4.69, 9.17) is 14.2 Å². The normalized spacial score (nSPS) is 56.9. The van der Waals surface area contributed by atoms with Crippen LogP contribution in [-0.4, -0.2) is 41.4 Å². The molecule has 132 valence electrons. The van der Waals surface area contributed by atoms with Gasteiger partial charge in [-0.25, -0.2) is 0 Å². The van der Waals surface area contributed by atoms with Crippen molar-refractivity contribution in [1.29, 1.82) is 0 Å². The van der Waals surface area contributed by atoms with E-state index in [-0.39, 0.29) is 28.5 Å². The Kier molecular flexibility index (Phi) is 2.62. The van der Waals surface area contributed by atoms with Gasteiger partial charge in [-0.15, -0.1) is 0 Å². The van der Waals surface area contributed by atoms with E-state index in [1.54, 1.807) is 5.57 Å². The number of ether oxygens (including phenoxy) is 3. The maximum Gasteiger partial charge on any atom is 0.171 e. The second-order valence-electron chi connectivity index (χ2n) is 9.42. The van der Waals surface area contributed by atoms with Gasteiger partial charge in [0.1, 0.15) is 11.2 Å². The summed E-state index contributed by atoms with van der Waals surface area (Å²) in [6.07, 6.45) is 10.8. The summed E-state index contributed by atoms with van der Waals surface area (Å²) in [6, 6.07) is 0. The Hall–Kier alpha value is -0.420. The van der Waals surface area contributed by atoms with Gasteiger partial charge in [0.25, 0.3) is 0 Å². The third-order valence-electron chi connectivity index (χ3n) is 8.62. The van der Waals surface area contributed by atoms with E-state index in [1.165, 1.54) is 12.8 Å². The van der Waals surface area contributed by atoms with E-state index in [0.717, 1.165) is 51.7 Å². The molecule has 4 nitrogen and oxygen atoms in total. The Labute approximate surface area is 143 Å². The van der Waals surface area contributed by atoms with Gasteiger partial charge in [0.2, 0.25) is 0 Å². The third kappa shape index (κ3) is 1.52. The molecule has 6 rings (SSSR count). The Morgan fingerprint density at radius 1 is 1.08 bits per heavy atom. The number of hydrogen-bond acceptors (Lipinski definition) is 4. The van der Waals surface area contributed by atoms with Crippen LogP contribution in [0.15, 0.2) is 11.6 Å². The molecule has 2 heterocycles. The third-order valence-corrected chi connectivity index (χ3v) is 8.62. The molecule has 0 amide bonds. The van der Waals surface area contributed by atoms with Gasteiger partial charge in [0.15, 0.2) is 5.79 Å². The summed E-state index contributed by atoms with van der Waals surface area (Å²) >= 11 is 0. The predicted molar refractivity (Wildman–Crippen MR) is 87.3 cm³/mol. The predicted octanol–water partition coefficient (Wildman–Crippen LogP) is 2.94. The summed E-state index contributed by atoms with van der Waals surface area (Å²) in [5, 5.41) is 10.5. The lowest BCUT2D eigenvalue weighted by Crippen LogP contribution is -2.52. The highest BCUT2D eigenvalue weighted by Crippen LogP contribution is 2.73. The van der Waals surface area contributed by atoms with Gasteiger partial charge < -0.3 is 19.3 Å². The van der Waals surface area contributed by atoms with Crippen molar-refractivity contribution in [2.45, 2.75) is 81.4 Å². The number of fused-ring (bicyclic) bond motifs is 3. The van der Waals surface area contributed by atoms with Crippen molar-refractivity contribution in [3.8, 4) is 0 Å². The van der Waals surface area contributed by atoms with Gasteiger partial charge in [0.05, 0.1) is 19.3 Å². The number of aliphatic hydroxyl groups excluding tert-OH is 1. The Morgan fingerprint density at radius 2 is 1.92 bits per heavy atom. The summed E-state index contributed by atoms with van der Waals surface area (Å²) in [6.45, 7) is 3.77. The molecule has 0 aromatic carbocycles. The quantitative estimate of drug-likeness (QED) is 0.547. The summed E-state index contributed by atoms with van der Waals surface area (Å²) in [4.78, 5) is 0. The van der Waals surface area contributed by atoms with Crippen LogP contribution in [0.25, 0.3) is 0 Å². The summed E-state index contributed by atoms with van der Waals surface area (Å²) < 4.78 is 18.6. The van der Waals surface area contributed by atoms with Gasteiger partial charge in [0, 0.05) is 18.3 Å². The molecule has 1 N–H and O–H groups in total. The fraction of sp³-hybridized carbons (Fsp3) is 0.900. The van der Waals surface area contributed by atoms with Crippen LogP contribution in [0.4, 0.5) is 0 Å². The van der Waals surface area contributed by atoms with Gasteiger partial charge >= 0.3 is 0 Å². The average Bonchev–Trinajstić information content (AvgIpc) is 2.88. The molecule has 2 aliphatic heterocycles. The molecule has 3 saturated carbocycles. The molecule has 0 bridgehead atoms. The van der Waals surface area contributed by atoms with Crippen LogP contribution in [0.5, 0.6) is 0 Å². The highest BCUT2D eigenvalue weighted by molar-refractivity contribution is 5.43. The van der Waals surface area contributed by atoms with Crippen LogP contribution in [0.2, 0.25) is 0 Å². The van der Waals surface area contributed by atoms with Crippen molar-refractivity contribution in [3.05, 3.63) is 11.6 Å². The minimum absolute atomic E-state index is 0.0225. The average molecular weight is 332 g/mol. The first-order chi connectivity index (χ1) is 11.5.